The van der Waals surface area contributed by atoms with Crippen molar-refractivity contribution in [2.75, 3.05) is 32.5 Å². The Morgan fingerprint density at radius 1 is 0.931 bits per heavy atom. The minimum absolute atomic E-state index is 0.0395. The summed E-state index contributed by atoms with van der Waals surface area (Å²) in [5.41, 5.74) is -0.00307. The summed E-state index contributed by atoms with van der Waals surface area (Å²) in [5, 5.41) is 0. The van der Waals surface area contributed by atoms with Crippen molar-refractivity contribution in [3.63, 3.8) is 0 Å². The summed E-state index contributed by atoms with van der Waals surface area (Å²) in [4.78, 5) is 26.0. The average molecular weight is 417 g/mol. The zero-order chi connectivity index (χ0) is 21.0. The molecule has 1 aliphatic heterocycles. The smallest absolute Gasteiger partial charge is 0.355 e. The molecule has 0 bridgehead atoms. The Morgan fingerprint density at radius 2 is 1.55 bits per heavy atom. The van der Waals surface area contributed by atoms with Crippen LogP contribution < -0.4 is 4.90 Å². The Hall–Kier alpha value is -3.17. The number of ether oxygens (including phenoxy) is 3. The number of methoxy groups -OCH3 is 2. The summed E-state index contributed by atoms with van der Waals surface area (Å²) >= 11 is 0. The minimum atomic E-state index is -3.91. The molecule has 0 spiro atoms. The van der Waals surface area contributed by atoms with Gasteiger partial charge >= 0.3 is 11.9 Å². The van der Waals surface area contributed by atoms with Gasteiger partial charge in [-0.05, 0) is 24.3 Å². The van der Waals surface area contributed by atoms with Gasteiger partial charge < -0.3 is 19.1 Å². The number of hydrogen-bond donors (Lipinski definition) is 0. The highest BCUT2D eigenvalue weighted by Crippen LogP contribution is 2.34. The number of sulfone groups is 1. The lowest BCUT2D eigenvalue weighted by Gasteiger charge is -2.32. The molecule has 0 amide bonds. The van der Waals surface area contributed by atoms with Crippen LogP contribution in [0.1, 0.15) is 0 Å². The van der Waals surface area contributed by atoms with E-state index >= 15 is 0 Å². The van der Waals surface area contributed by atoms with Gasteiger partial charge in [-0.15, -0.1) is 0 Å². The molecule has 1 heterocycles. The topological polar surface area (TPSA) is 99.2 Å². The largest absolute Gasteiger partial charge is 0.466 e. The van der Waals surface area contributed by atoms with Crippen molar-refractivity contribution < 1.29 is 32.2 Å². The molecule has 3 rings (SSSR count). The fraction of sp³-hybridized carbons (Fsp3) is 0.200. The predicted octanol–water partition coefficient (Wildman–Crippen LogP) is 1.91. The summed E-state index contributed by atoms with van der Waals surface area (Å²) in [7, 11) is -1.56. The van der Waals surface area contributed by atoms with Gasteiger partial charge in [0.25, 0.3) is 0 Å². The average Bonchev–Trinajstić information content (AvgIpc) is 2.78. The van der Waals surface area contributed by atoms with Crippen LogP contribution in [-0.4, -0.2) is 47.9 Å². The molecule has 0 N–H and O–H groups in total. The van der Waals surface area contributed by atoms with Crippen molar-refractivity contribution in [2.45, 2.75) is 9.79 Å². The van der Waals surface area contributed by atoms with Gasteiger partial charge in [-0.3, -0.25) is 0 Å². The third-order valence-electron chi connectivity index (χ3n) is 4.33. The number of carbonyl (C=O) groups is 2. The van der Waals surface area contributed by atoms with E-state index in [0.29, 0.717) is 0 Å². The maximum Gasteiger partial charge on any atom is 0.355 e. The lowest BCUT2D eigenvalue weighted by Crippen LogP contribution is -2.39. The maximum atomic E-state index is 13.2. The van der Waals surface area contributed by atoms with E-state index in [1.54, 1.807) is 30.3 Å². The Balaban J connectivity index is 2.21. The zero-order valence-corrected chi connectivity index (χ0v) is 16.6. The Kier molecular flexibility index (Phi) is 6.00. The summed E-state index contributed by atoms with van der Waals surface area (Å²) in [6.07, 6.45) is 0. The van der Waals surface area contributed by atoms with Crippen molar-refractivity contribution in [1.29, 1.82) is 0 Å². The molecule has 0 saturated heterocycles. The summed E-state index contributed by atoms with van der Waals surface area (Å²) in [6, 6.07) is 14.1. The van der Waals surface area contributed by atoms with E-state index in [-0.39, 0.29) is 40.1 Å². The predicted molar refractivity (Wildman–Crippen MR) is 103 cm³/mol. The van der Waals surface area contributed by atoms with Crippen LogP contribution in [0.25, 0.3) is 0 Å². The van der Waals surface area contributed by atoms with E-state index in [9.17, 15) is 18.0 Å². The van der Waals surface area contributed by atoms with Gasteiger partial charge in [-0.1, -0.05) is 30.3 Å². The lowest BCUT2D eigenvalue weighted by molar-refractivity contribution is -0.140. The van der Waals surface area contributed by atoms with Crippen molar-refractivity contribution >= 4 is 27.5 Å². The number of esters is 2. The first-order valence-electron chi connectivity index (χ1n) is 8.56. The van der Waals surface area contributed by atoms with Crippen molar-refractivity contribution in [3.05, 3.63) is 65.9 Å². The monoisotopic (exact) mass is 417 g/mol. The summed E-state index contributed by atoms with van der Waals surface area (Å²) in [5.74, 6) is -1.57. The van der Waals surface area contributed by atoms with Gasteiger partial charge in [0.15, 0.2) is 0 Å². The SMILES string of the molecule is COC(=O)C1=C(C(=O)OC)N(c2ccccc2S(=O)(=O)c2ccccc2)COC1. The van der Waals surface area contributed by atoms with Crippen LogP contribution in [0.2, 0.25) is 0 Å². The van der Waals surface area contributed by atoms with Crippen LogP contribution in [0.3, 0.4) is 0 Å². The molecule has 8 nitrogen and oxygen atoms in total. The summed E-state index contributed by atoms with van der Waals surface area (Å²) < 4.78 is 41.4. The van der Waals surface area contributed by atoms with Crippen LogP contribution in [0.15, 0.2) is 75.7 Å². The number of para-hydroxylation sites is 1. The van der Waals surface area contributed by atoms with E-state index in [2.05, 4.69) is 0 Å². The molecule has 0 saturated carbocycles. The molecule has 152 valence electrons. The third kappa shape index (κ3) is 3.87. The molecular weight excluding hydrogens is 398 g/mol. The van der Waals surface area contributed by atoms with E-state index in [1.807, 2.05) is 0 Å². The molecule has 0 aromatic heterocycles. The molecule has 0 atom stereocenters. The van der Waals surface area contributed by atoms with Gasteiger partial charge in [-0.25, -0.2) is 18.0 Å². The van der Waals surface area contributed by atoms with Gasteiger partial charge in [0.1, 0.15) is 12.4 Å². The van der Waals surface area contributed by atoms with E-state index in [0.717, 1.165) is 0 Å². The molecule has 1 aliphatic rings. The third-order valence-corrected chi connectivity index (χ3v) is 6.15. The molecular formula is C20H19NO7S. The number of rotatable bonds is 5. The van der Waals surface area contributed by atoms with Crippen LogP contribution in [0.4, 0.5) is 5.69 Å². The highest BCUT2D eigenvalue weighted by atomic mass is 32.2. The number of anilines is 1. The second-order valence-electron chi connectivity index (χ2n) is 6.00. The number of nitrogens with zero attached hydrogens (tertiary/aromatic N) is 1. The second-order valence-corrected chi connectivity index (χ2v) is 7.92. The van der Waals surface area contributed by atoms with Crippen LogP contribution in [0, 0.1) is 0 Å². The molecule has 0 unspecified atom stereocenters. The van der Waals surface area contributed by atoms with Gasteiger partial charge in [0, 0.05) is 0 Å². The van der Waals surface area contributed by atoms with Crippen LogP contribution >= 0.6 is 0 Å². The zero-order valence-electron chi connectivity index (χ0n) is 15.8. The Morgan fingerprint density at radius 3 is 2.21 bits per heavy atom. The normalized spacial score (nSPS) is 14.5. The fourth-order valence-corrected chi connectivity index (χ4v) is 4.45. The molecule has 2 aromatic carbocycles. The van der Waals surface area contributed by atoms with E-state index < -0.39 is 21.8 Å². The molecule has 29 heavy (non-hydrogen) atoms. The first kappa shape index (κ1) is 20.6. The molecule has 2 aromatic rings. The van der Waals surface area contributed by atoms with Crippen molar-refractivity contribution in [1.82, 2.24) is 0 Å². The van der Waals surface area contributed by atoms with Crippen molar-refractivity contribution in [2.24, 2.45) is 0 Å². The number of benzene rings is 2. The van der Waals surface area contributed by atoms with Gasteiger partial charge in [0.2, 0.25) is 9.84 Å². The first-order valence-corrected chi connectivity index (χ1v) is 10.0. The van der Waals surface area contributed by atoms with Crippen LogP contribution in [-0.2, 0) is 33.6 Å². The molecule has 0 aliphatic carbocycles. The van der Waals surface area contributed by atoms with E-state index in [4.69, 9.17) is 14.2 Å². The molecule has 9 heteroatoms. The minimum Gasteiger partial charge on any atom is -0.466 e. The quantitative estimate of drug-likeness (QED) is 0.681. The molecule has 0 radical (unpaired) electrons. The first-order chi connectivity index (χ1) is 13.9. The standard InChI is InChI=1S/C20H19NO7S/c1-26-19(22)15-12-28-13-21(18(15)20(23)27-2)16-10-6-7-11-17(16)29(24,25)14-8-4-3-5-9-14/h3-11H,12-13H2,1-2H3. The van der Waals surface area contributed by atoms with E-state index in [1.165, 1.54) is 43.4 Å². The highest BCUT2D eigenvalue weighted by Gasteiger charge is 2.35. The lowest BCUT2D eigenvalue weighted by atomic mass is 10.1. The second kappa shape index (κ2) is 8.46. The van der Waals surface area contributed by atoms with Gasteiger partial charge in [-0.2, -0.15) is 0 Å². The molecule has 0 fully saturated rings. The van der Waals surface area contributed by atoms with Crippen LogP contribution in [0.5, 0.6) is 0 Å². The van der Waals surface area contributed by atoms with Crippen molar-refractivity contribution in [3.8, 4) is 0 Å². The summed E-state index contributed by atoms with van der Waals surface area (Å²) in [6.45, 7) is -0.312. The number of carbonyl (C=O) groups excluding carboxylic acids is 2. The fourth-order valence-electron chi connectivity index (χ4n) is 2.97. The Bertz CT molecular complexity index is 1060. The Labute approximate surface area is 168 Å². The highest BCUT2D eigenvalue weighted by molar-refractivity contribution is 7.91. The maximum absolute atomic E-state index is 13.2. The number of hydrogen-bond acceptors (Lipinski definition) is 8. The van der Waals surface area contributed by atoms with Gasteiger partial charge in [0.05, 0.1) is 41.9 Å².